The van der Waals surface area contributed by atoms with Gasteiger partial charge < -0.3 is 14.8 Å². The highest BCUT2D eigenvalue weighted by Gasteiger charge is 2.58. The Hall–Kier alpha value is -2.94. The average molecular weight is 390 g/mol. The van der Waals surface area contributed by atoms with E-state index in [2.05, 4.69) is 15.3 Å². The van der Waals surface area contributed by atoms with Crippen LogP contribution in [-0.4, -0.2) is 31.3 Å². The van der Waals surface area contributed by atoms with E-state index in [4.69, 9.17) is 0 Å². The number of alkyl halides is 2. The quantitative estimate of drug-likeness (QED) is 0.715. The fourth-order valence-corrected chi connectivity index (χ4v) is 3.21. The van der Waals surface area contributed by atoms with Crippen LogP contribution >= 0.6 is 0 Å². The minimum absolute atomic E-state index is 0.00575. The van der Waals surface area contributed by atoms with Gasteiger partial charge in [0.05, 0.1) is 22.9 Å². The summed E-state index contributed by atoms with van der Waals surface area (Å²) in [4.78, 5) is 20.6. The highest BCUT2D eigenvalue weighted by molar-refractivity contribution is 6.03. The number of nitrogens with one attached hydrogen (secondary N) is 1. The van der Waals surface area contributed by atoms with Crippen molar-refractivity contribution in [1.29, 1.82) is 0 Å². The predicted octanol–water partition coefficient (Wildman–Crippen LogP) is 3.47. The number of carbonyl (C=O) groups is 1. The monoisotopic (exact) mass is 390 g/mol. The lowest BCUT2D eigenvalue weighted by Crippen LogP contribution is -2.24. The average Bonchev–Trinajstić information content (AvgIpc) is 3.01. The number of carbonyl (C=O) groups excluding carboxylic acids is 1. The van der Waals surface area contributed by atoms with Gasteiger partial charge in [0, 0.05) is 30.6 Å². The zero-order valence-corrected chi connectivity index (χ0v) is 15.1. The molecule has 9 heteroatoms. The highest BCUT2D eigenvalue weighted by Crippen LogP contribution is 2.55. The van der Waals surface area contributed by atoms with Gasteiger partial charge in [-0.2, -0.15) is 0 Å². The fourth-order valence-electron chi connectivity index (χ4n) is 3.21. The minimum atomic E-state index is -2.80. The number of nitrogens with zero attached hydrogens (tertiary/aromatic N) is 3. The molecule has 0 radical (unpaired) electrons. The van der Waals surface area contributed by atoms with Crippen LogP contribution in [0.25, 0.3) is 5.65 Å². The second kappa shape index (κ2) is 6.03. The first kappa shape index (κ1) is 18.4. The molecule has 1 atom stereocenters. The summed E-state index contributed by atoms with van der Waals surface area (Å²) in [6, 6.07) is 4.30. The Bertz CT molecular complexity index is 1090. The van der Waals surface area contributed by atoms with Crippen LogP contribution in [0.3, 0.4) is 0 Å². The van der Waals surface area contributed by atoms with Crippen molar-refractivity contribution in [2.24, 2.45) is 0 Å². The number of anilines is 1. The van der Waals surface area contributed by atoms with E-state index in [1.807, 2.05) is 0 Å². The van der Waals surface area contributed by atoms with Gasteiger partial charge in [0.15, 0.2) is 11.5 Å². The van der Waals surface area contributed by atoms with Crippen molar-refractivity contribution in [3.8, 4) is 0 Å². The number of amides is 1. The molecule has 1 fully saturated rings. The van der Waals surface area contributed by atoms with Crippen LogP contribution in [0.2, 0.25) is 0 Å². The van der Waals surface area contributed by atoms with Crippen molar-refractivity contribution in [3.05, 3.63) is 59.6 Å². The topological polar surface area (TPSA) is 79.5 Å². The third-order valence-corrected chi connectivity index (χ3v) is 4.67. The van der Waals surface area contributed by atoms with Crippen molar-refractivity contribution in [2.75, 3.05) is 5.32 Å². The zero-order chi connectivity index (χ0) is 20.3. The second-order valence-electron chi connectivity index (χ2n) is 7.37. The smallest absolute Gasteiger partial charge is 0.274 e. The first-order valence-electron chi connectivity index (χ1n) is 8.62. The van der Waals surface area contributed by atoms with E-state index in [1.165, 1.54) is 55.0 Å². The van der Waals surface area contributed by atoms with E-state index in [1.54, 1.807) is 0 Å². The lowest BCUT2D eigenvalue weighted by Gasteiger charge is -2.23. The Kier molecular flexibility index (Phi) is 3.97. The molecule has 146 valence electrons. The molecule has 1 saturated carbocycles. The van der Waals surface area contributed by atoms with Crippen LogP contribution < -0.4 is 5.32 Å². The number of hydrogen-bond acceptors (Lipinski definition) is 4. The standard InChI is InChI=1S/C19H17F3N4O2/c1-18(2,28)14-13(9-26-7-6-23-16(26)15(14)20)25-17(27)12-5-3-4-11(24-12)10-8-19(10,21)22/h3-7,9-10,28H,8H2,1-2H3,(H,25,27). The van der Waals surface area contributed by atoms with E-state index >= 15 is 0 Å². The van der Waals surface area contributed by atoms with Gasteiger partial charge in [0.25, 0.3) is 11.8 Å². The van der Waals surface area contributed by atoms with Crippen LogP contribution in [0, 0.1) is 5.82 Å². The Morgan fingerprint density at radius 1 is 1.39 bits per heavy atom. The molecular formula is C19H17F3N4O2. The first-order chi connectivity index (χ1) is 13.1. The van der Waals surface area contributed by atoms with Crippen LogP contribution in [0.5, 0.6) is 0 Å². The molecule has 1 aliphatic carbocycles. The minimum Gasteiger partial charge on any atom is -0.386 e. The fraction of sp³-hybridized carbons (Fsp3) is 0.316. The Morgan fingerprint density at radius 2 is 2.11 bits per heavy atom. The molecule has 6 nitrogen and oxygen atoms in total. The summed E-state index contributed by atoms with van der Waals surface area (Å²) in [7, 11) is 0. The van der Waals surface area contributed by atoms with Gasteiger partial charge in [0.1, 0.15) is 5.69 Å². The summed E-state index contributed by atoms with van der Waals surface area (Å²) in [6.45, 7) is 2.77. The highest BCUT2D eigenvalue weighted by atomic mass is 19.3. The van der Waals surface area contributed by atoms with Gasteiger partial charge in [-0.1, -0.05) is 6.07 Å². The molecule has 3 aromatic rings. The van der Waals surface area contributed by atoms with Crippen molar-refractivity contribution in [2.45, 2.75) is 37.7 Å². The van der Waals surface area contributed by atoms with Crippen LogP contribution in [0.15, 0.2) is 36.8 Å². The van der Waals surface area contributed by atoms with Crippen LogP contribution in [0.1, 0.15) is 47.9 Å². The number of rotatable bonds is 4. The SMILES string of the molecule is CC(C)(O)c1c(NC(=O)c2cccc(C3CC3(F)F)n2)cn2ccnc2c1F. The summed E-state index contributed by atoms with van der Waals surface area (Å²) in [5, 5.41) is 12.9. The third-order valence-electron chi connectivity index (χ3n) is 4.67. The lowest BCUT2D eigenvalue weighted by molar-refractivity contribution is 0.0753. The van der Waals surface area contributed by atoms with Crippen molar-refractivity contribution < 1.29 is 23.1 Å². The normalized spacial score (nSPS) is 18.3. The molecule has 1 aliphatic rings. The molecule has 1 amide bonds. The number of fused-ring (bicyclic) bond motifs is 1. The predicted molar refractivity (Wildman–Crippen MR) is 94.9 cm³/mol. The van der Waals surface area contributed by atoms with Gasteiger partial charge in [-0.3, -0.25) is 4.79 Å². The van der Waals surface area contributed by atoms with Crippen LogP contribution in [-0.2, 0) is 5.60 Å². The van der Waals surface area contributed by atoms with Crippen LogP contribution in [0.4, 0.5) is 18.9 Å². The van der Waals surface area contributed by atoms with Gasteiger partial charge in [0.2, 0.25) is 0 Å². The molecule has 4 rings (SSSR count). The lowest BCUT2D eigenvalue weighted by atomic mass is 9.97. The van der Waals surface area contributed by atoms with E-state index in [-0.39, 0.29) is 34.7 Å². The Morgan fingerprint density at radius 3 is 2.75 bits per heavy atom. The summed E-state index contributed by atoms with van der Waals surface area (Å²) in [5.74, 6) is -5.26. The number of halogens is 3. The van der Waals surface area contributed by atoms with Crippen molar-refractivity contribution in [1.82, 2.24) is 14.4 Å². The van der Waals surface area contributed by atoms with E-state index < -0.39 is 29.2 Å². The molecule has 1 unspecified atom stereocenters. The maximum absolute atomic E-state index is 14.9. The van der Waals surface area contributed by atoms with Gasteiger partial charge in [-0.15, -0.1) is 0 Å². The summed E-state index contributed by atoms with van der Waals surface area (Å²) in [5.41, 5.74) is -1.64. The largest absolute Gasteiger partial charge is 0.386 e. The maximum Gasteiger partial charge on any atom is 0.274 e. The molecule has 28 heavy (non-hydrogen) atoms. The number of imidazole rings is 1. The van der Waals surface area contributed by atoms with Crippen molar-refractivity contribution >= 4 is 17.2 Å². The number of pyridine rings is 2. The van der Waals surface area contributed by atoms with E-state index in [9.17, 15) is 23.1 Å². The zero-order valence-electron chi connectivity index (χ0n) is 15.1. The van der Waals surface area contributed by atoms with Crippen molar-refractivity contribution in [3.63, 3.8) is 0 Å². The molecule has 0 spiro atoms. The summed E-state index contributed by atoms with van der Waals surface area (Å²) in [6.07, 6.45) is 4.02. The number of hydrogen-bond donors (Lipinski definition) is 2. The first-order valence-corrected chi connectivity index (χ1v) is 8.62. The number of aliphatic hydroxyl groups is 1. The summed E-state index contributed by atoms with van der Waals surface area (Å²) < 4.78 is 42.8. The molecule has 0 aliphatic heterocycles. The Balaban J connectivity index is 1.70. The third kappa shape index (κ3) is 3.11. The summed E-state index contributed by atoms with van der Waals surface area (Å²) >= 11 is 0. The molecule has 0 aromatic carbocycles. The van der Waals surface area contributed by atoms with E-state index in [0.717, 1.165) is 0 Å². The molecule has 3 aromatic heterocycles. The Labute approximate surface area is 158 Å². The van der Waals surface area contributed by atoms with Gasteiger partial charge in [-0.25, -0.2) is 23.1 Å². The molecule has 0 saturated heterocycles. The van der Waals surface area contributed by atoms with E-state index in [0.29, 0.717) is 0 Å². The molecule has 3 heterocycles. The molecular weight excluding hydrogens is 373 g/mol. The molecule has 0 bridgehead atoms. The second-order valence-corrected chi connectivity index (χ2v) is 7.37. The van der Waals surface area contributed by atoms with Gasteiger partial charge >= 0.3 is 0 Å². The number of aromatic nitrogens is 3. The maximum atomic E-state index is 14.9. The van der Waals surface area contributed by atoms with Gasteiger partial charge in [-0.05, 0) is 26.0 Å². The molecule has 2 N–H and O–H groups in total.